The van der Waals surface area contributed by atoms with Gasteiger partial charge in [0.05, 0.1) is 11.4 Å². The van der Waals surface area contributed by atoms with Gasteiger partial charge in [0.25, 0.3) is 0 Å². The molecule has 8 heteroatoms. The Labute approximate surface area is 271 Å². The Balaban J connectivity index is 1.30. The largest absolute Gasteiger partial charge is 0.358 e. The van der Waals surface area contributed by atoms with Gasteiger partial charge in [0.2, 0.25) is 0 Å². The summed E-state index contributed by atoms with van der Waals surface area (Å²) in [6.07, 6.45) is 2.13. The normalized spacial score (nSPS) is 14.7. The van der Waals surface area contributed by atoms with E-state index in [1.807, 2.05) is 86.6 Å². The zero-order valence-electron chi connectivity index (χ0n) is 27.4. The van der Waals surface area contributed by atoms with Crippen LogP contribution in [0.1, 0.15) is 67.6 Å². The molecule has 238 valence electrons. The van der Waals surface area contributed by atoms with Gasteiger partial charge >= 0.3 is 6.03 Å². The molecule has 2 amide bonds. The second-order valence-corrected chi connectivity index (χ2v) is 13.6. The molecule has 3 heterocycles. The van der Waals surface area contributed by atoms with Crippen molar-refractivity contribution in [3.05, 3.63) is 107 Å². The number of rotatable bonds is 8. The molecule has 0 spiro atoms. The number of benzene rings is 3. The summed E-state index contributed by atoms with van der Waals surface area (Å²) in [5.74, 6) is 0.561. The Kier molecular flexibility index (Phi) is 8.82. The van der Waals surface area contributed by atoms with Crippen molar-refractivity contribution in [2.75, 3.05) is 23.7 Å². The molecular weight excluding hydrogens is 572 g/mol. The number of nitrogens with one attached hydrogen (secondary N) is 4. The summed E-state index contributed by atoms with van der Waals surface area (Å²) in [5, 5.41) is 15.5. The third-order valence-corrected chi connectivity index (χ3v) is 9.12. The lowest BCUT2D eigenvalue weighted by Gasteiger charge is -2.31. The van der Waals surface area contributed by atoms with Crippen LogP contribution in [0.4, 0.5) is 16.3 Å². The van der Waals surface area contributed by atoms with Gasteiger partial charge in [-0.2, -0.15) is 5.10 Å². The van der Waals surface area contributed by atoms with Gasteiger partial charge in [-0.1, -0.05) is 74.9 Å². The minimum Gasteiger partial charge on any atom is -0.358 e. The van der Waals surface area contributed by atoms with Crippen molar-refractivity contribution in [2.45, 2.75) is 65.2 Å². The maximum atomic E-state index is 14.4. The van der Waals surface area contributed by atoms with Gasteiger partial charge in [-0.05, 0) is 81.1 Å². The van der Waals surface area contributed by atoms with E-state index in [0.717, 1.165) is 70.6 Å². The van der Waals surface area contributed by atoms with Crippen LogP contribution in [0.15, 0.2) is 78.9 Å². The molecule has 2 aromatic heterocycles. The number of nitrogens with zero attached hydrogens (tertiary/aromatic N) is 2. The Bertz CT molecular complexity index is 1850. The highest BCUT2D eigenvalue weighted by Gasteiger charge is 2.33. The topological polar surface area (TPSA) is 104 Å². The van der Waals surface area contributed by atoms with Crippen molar-refractivity contribution in [3.8, 4) is 5.69 Å². The quantitative estimate of drug-likeness (QED) is 0.143. The smallest absolute Gasteiger partial charge is 0.324 e. The molecule has 46 heavy (non-hydrogen) atoms. The molecule has 5 aromatic rings. The number of para-hydroxylation sites is 2. The van der Waals surface area contributed by atoms with E-state index in [1.165, 1.54) is 0 Å². The summed E-state index contributed by atoms with van der Waals surface area (Å²) in [6.45, 7) is 12.1. The Morgan fingerprint density at radius 3 is 2.37 bits per heavy atom. The number of Topliss-reactive ketones (excluding diaryl/α,β-unsaturated/α-hetero) is 1. The molecule has 1 unspecified atom stereocenters. The van der Waals surface area contributed by atoms with Crippen LogP contribution >= 0.6 is 0 Å². The zero-order chi connectivity index (χ0) is 32.4. The summed E-state index contributed by atoms with van der Waals surface area (Å²) >= 11 is 0. The molecule has 1 saturated heterocycles. The molecule has 0 radical (unpaired) electrons. The van der Waals surface area contributed by atoms with E-state index < -0.39 is 0 Å². The van der Waals surface area contributed by atoms with Crippen molar-refractivity contribution in [1.29, 1.82) is 0 Å². The maximum Gasteiger partial charge on any atom is 0.324 e. The lowest BCUT2D eigenvalue weighted by molar-refractivity contribution is -0.121. The number of aromatic amines is 1. The van der Waals surface area contributed by atoms with E-state index >= 15 is 0 Å². The van der Waals surface area contributed by atoms with Gasteiger partial charge < -0.3 is 15.6 Å². The zero-order valence-corrected chi connectivity index (χ0v) is 27.4. The van der Waals surface area contributed by atoms with Crippen LogP contribution in [0.2, 0.25) is 0 Å². The van der Waals surface area contributed by atoms with Crippen LogP contribution < -0.4 is 16.0 Å². The Morgan fingerprint density at radius 1 is 0.935 bits per heavy atom. The van der Waals surface area contributed by atoms with E-state index in [2.05, 4.69) is 47.8 Å². The number of anilines is 2. The fraction of sp³-hybridized carbons (Fsp3) is 0.342. The Hall–Kier alpha value is -4.69. The van der Waals surface area contributed by atoms with Crippen molar-refractivity contribution in [2.24, 2.45) is 5.92 Å². The molecule has 1 aliphatic heterocycles. The molecule has 0 aliphatic carbocycles. The van der Waals surface area contributed by atoms with Crippen LogP contribution in [0, 0.1) is 19.8 Å². The average molecular weight is 617 g/mol. The standard InChI is InChI=1S/C38H44N6O2/c1-24-14-16-27(17-15-24)44-35(23-34(43-44)38(3,4)5)42-37(46)41-32-13-9-7-11-29(32)36(26-18-20-39-21-19-26)33(45)22-30-25(2)40-31-12-8-6-10-28(30)31/h6-17,23,26,36,39-40H,18-22H2,1-5H3,(H2,41,42,46). The van der Waals surface area contributed by atoms with E-state index in [0.29, 0.717) is 17.9 Å². The summed E-state index contributed by atoms with van der Waals surface area (Å²) < 4.78 is 1.77. The number of aryl methyl sites for hydroxylation is 2. The molecule has 3 aromatic carbocycles. The monoisotopic (exact) mass is 616 g/mol. The number of H-pyrrole nitrogens is 1. The predicted molar refractivity (Wildman–Crippen MR) is 186 cm³/mol. The van der Waals surface area contributed by atoms with Gasteiger partial charge in [-0.25, -0.2) is 9.48 Å². The van der Waals surface area contributed by atoms with Crippen LogP contribution in [-0.2, 0) is 16.6 Å². The summed E-state index contributed by atoms with van der Waals surface area (Å²) in [5.41, 5.74) is 7.27. The van der Waals surface area contributed by atoms with Crippen molar-refractivity contribution < 1.29 is 9.59 Å². The summed E-state index contributed by atoms with van der Waals surface area (Å²) in [6, 6.07) is 25.5. The van der Waals surface area contributed by atoms with Gasteiger partial charge in [0.1, 0.15) is 11.6 Å². The number of carbonyl (C=O) groups is 2. The molecule has 1 fully saturated rings. The first kappa shape index (κ1) is 31.3. The predicted octanol–water partition coefficient (Wildman–Crippen LogP) is 7.81. The maximum absolute atomic E-state index is 14.4. The number of hydrogen-bond donors (Lipinski definition) is 4. The van der Waals surface area contributed by atoms with Gasteiger partial charge in [-0.15, -0.1) is 0 Å². The summed E-state index contributed by atoms with van der Waals surface area (Å²) in [4.78, 5) is 31.5. The second kappa shape index (κ2) is 13.0. The molecule has 8 nitrogen and oxygen atoms in total. The van der Waals surface area contributed by atoms with Crippen LogP contribution in [0.25, 0.3) is 16.6 Å². The van der Waals surface area contributed by atoms with E-state index in [9.17, 15) is 9.59 Å². The third kappa shape index (κ3) is 6.63. The molecule has 6 rings (SSSR count). The minimum absolute atomic E-state index is 0.168. The van der Waals surface area contributed by atoms with Crippen LogP contribution in [-0.4, -0.2) is 39.7 Å². The Morgan fingerprint density at radius 2 is 1.63 bits per heavy atom. The fourth-order valence-corrected chi connectivity index (χ4v) is 6.59. The molecular formula is C38H44N6O2. The molecule has 4 N–H and O–H groups in total. The number of carbonyl (C=O) groups excluding carboxylic acids is 2. The first-order valence-corrected chi connectivity index (χ1v) is 16.2. The first-order chi connectivity index (χ1) is 22.1. The minimum atomic E-state index is -0.384. The second-order valence-electron chi connectivity index (χ2n) is 13.6. The number of aromatic nitrogens is 3. The average Bonchev–Trinajstić information content (AvgIpc) is 3.60. The third-order valence-electron chi connectivity index (χ3n) is 9.12. The molecule has 1 aliphatic rings. The number of hydrogen-bond acceptors (Lipinski definition) is 4. The molecule has 0 bridgehead atoms. The van der Waals surface area contributed by atoms with Crippen molar-refractivity contribution in [1.82, 2.24) is 20.1 Å². The highest BCUT2D eigenvalue weighted by Crippen LogP contribution is 2.38. The van der Waals surface area contributed by atoms with Gasteiger partial charge in [0, 0.05) is 46.1 Å². The molecule has 0 saturated carbocycles. The van der Waals surface area contributed by atoms with E-state index in [-0.39, 0.29) is 29.1 Å². The van der Waals surface area contributed by atoms with Crippen LogP contribution in [0.3, 0.4) is 0 Å². The number of ketones is 1. The lowest BCUT2D eigenvalue weighted by Crippen LogP contribution is -2.34. The molecule has 1 atom stereocenters. The van der Waals surface area contributed by atoms with E-state index in [1.54, 1.807) is 4.68 Å². The van der Waals surface area contributed by atoms with E-state index in [4.69, 9.17) is 5.10 Å². The van der Waals surface area contributed by atoms with Crippen LogP contribution in [0.5, 0.6) is 0 Å². The van der Waals surface area contributed by atoms with Gasteiger partial charge in [0.15, 0.2) is 0 Å². The fourth-order valence-electron chi connectivity index (χ4n) is 6.59. The number of fused-ring (bicyclic) bond motifs is 1. The van der Waals surface area contributed by atoms with Crippen molar-refractivity contribution >= 4 is 34.2 Å². The highest BCUT2D eigenvalue weighted by molar-refractivity contribution is 6.01. The van der Waals surface area contributed by atoms with Gasteiger partial charge in [-0.3, -0.25) is 10.1 Å². The number of piperidine rings is 1. The number of amides is 2. The number of urea groups is 1. The highest BCUT2D eigenvalue weighted by atomic mass is 16.2. The SMILES string of the molecule is Cc1ccc(-n2nc(C(C)(C)C)cc2NC(=O)Nc2ccccc2C(C(=O)Cc2c(C)[nH]c3ccccc23)C2CCNCC2)cc1. The summed E-state index contributed by atoms with van der Waals surface area (Å²) in [7, 11) is 0. The first-order valence-electron chi connectivity index (χ1n) is 16.2. The lowest BCUT2D eigenvalue weighted by atomic mass is 9.76. The van der Waals surface area contributed by atoms with Crippen molar-refractivity contribution in [3.63, 3.8) is 0 Å².